The molecule has 1 aliphatic heterocycles. The van der Waals surface area contributed by atoms with Crippen LogP contribution in [0, 0.1) is 5.92 Å². The van der Waals surface area contributed by atoms with Crippen molar-refractivity contribution in [3.8, 4) is 0 Å². The minimum absolute atomic E-state index is 0.0188. The molecule has 1 heterocycles. The van der Waals surface area contributed by atoms with Gasteiger partial charge in [0.05, 0.1) is 22.1 Å². The number of carboxylic acid groups (broad SMARTS) is 1. The van der Waals surface area contributed by atoms with Gasteiger partial charge in [0.25, 0.3) is 5.91 Å². The molecule has 6 nitrogen and oxygen atoms in total. The number of benzene rings is 1. The third kappa shape index (κ3) is 3.30. The summed E-state index contributed by atoms with van der Waals surface area (Å²) in [7, 11) is -3.51. The van der Waals surface area contributed by atoms with Crippen LogP contribution in [0.2, 0.25) is 0 Å². The zero-order valence-electron chi connectivity index (χ0n) is 12.4. The van der Waals surface area contributed by atoms with Crippen molar-refractivity contribution in [2.24, 2.45) is 5.92 Å². The smallest absolute Gasteiger partial charge is 0.308 e. The fourth-order valence-corrected chi connectivity index (χ4v) is 4.14. The number of hydrogen-bond acceptors (Lipinski definition) is 4. The minimum atomic E-state index is -3.51. The number of likely N-dealkylation sites (tertiary alicyclic amines) is 1. The van der Waals surface area contributed by atoms with Gasteiger partial charge in [-0.25, -0.2) is 8.42 Å². The molecule has 0 radical (unpaired) electrons. The Kier molecular flexibility index (Phi) is 4.85. The third-order valence-electron chi connectivity index (χ3n) is 3.75. The average Bonchev–Trinajstić information content (AvgIpc) is 2.96. The topological polar surface area (TPSA) is 91.8 Å². The van der Waals surface area contributed by atoms with E-state index in [-0.39, 0.29) is 22.8 Å². The number of aliphatic carboxylic acids is 1. The fourth-order valence-electron chi connectivity index (χ4n) is 2.61. The molecule has 1 aromatic carbocycles. The summed E-state index contributed by atoms with van der Waals surface area (Å²) >= 11 is 0. The number of carboxylic acids is 1. The van der Waals surface area contributed by atoms with Gasteiger partial charge in [0.15, 0.2) is 9.84 Å². The fraction of sp³-hybridized carbons (Fsp3) is 0.467. The highest BCUT2D eigenvalue weighted by molar-refractivity contribution is 7.91. The Balaban J connectivity index is 2.30. The van der Waals surface area contributed by atoms with Crippen molar-refractivity contribution in [1.82, 2.24) is 4.90 Å². The van der Waals surface area contributed by atoms with Gasteiger partial charge in [-0.3, -0.25) is 9.59 Å². The van der Waals surface area contributed by atoms with Gasteiger partial charge in [0.2, 0.25) is 0 Å². The number of carbonyl (C=O) groups is 2. The molecule has 2 rings (SSSR count). The summed E-state index contributed by atoms with van der Waals surface area (Å²) in [6, 6.07) is 6.12. The summed E-state index contributed by atoms with van der Waals surface area (Å²) in [6.07, 6.45) is 0.862. The monoisotopic (exact) mass is 325 g/mol. The molecule has 120 valence electrons. The predicted octanol–water partition coefficient (Wildman–Crippen LogP) is 1.42. The van der Waals surface area contributed by atoms with E-state index in [1.54, 1.807) is 19.1 Å². The summed E-state index contributed by atoms with van der Waals surface area (Å²) in [5.41, 5.74) is 0.127. The lowest BCUT2D eigenvalue weighted by Gasteiger charge is -2.18. The van der Waals surface area contributed by atoms with Crippen LogP contribution in [0.3, 0.4) is 0 Å². The highest BCUT2D eigenvalue weighted by Gasteiger charge is 2.33. The summed E-state index contributed by atoms with van der Waals surface area (Å²) in [5.74, 6) is -1.95. The Hall–Kier alpha value is -1.89. The van der Waals surface area contributed by atoms with E-state index in [2.05, 4.69) is 0 Å². The zero-order valence-corrected chi connectivity index (χ0v) is 13.2. The summed E-state index contributed by atoms with van der Waals surface area (Å²) in [5, 5.41) is 9.00. The molecule has 7 heteroatoms. The van der Waals surface area contributed by atoms with Crippen LogP contribution in [0.15, 0.2) is 29.2 Å². The Morgan fingerprint density at radius 1 is 1.32 bits per heavy atom. The summed E-state index contributed by atoms with van der Waals surface area (Å²) < 4.78 is 24.6. The molecule has 1 saturated heterocycles. The molecule has 0 aromatic heterocycles. The van der Waals surface area contributed by atoms with Crippen molar-refractivity contribution in [2.45, 2.75) is 24.7 Å². The summed E-state index contributed by atoms with van der Waals surface area (Å²) in [6.45, 7) is 2.22. The van der Waals surface area contributed by atoms with Gasteiger partial charge in [-0.2, -0.15) is 0 Å². The normalized spacial score (nSPS) is 18.4. The summed E-state index contributed by atoms with van der Waals surface area (Å²) in [4.78, 5) is 25.0. The lowest BCUT2D eigenvalue weighted by Crippen LogP contribution is -2.31. The number of amides is 1. The number of hydrogen-bond donors (Lipinski definition) is 1. The molecule has 1 atom stereocenters. The molecule has 1 aliphatic rings. The molecule has 0 saturated carbocycles. The second kappa shape index (κ2) is 6.48. The SMILES string of the molecule is CCCS(=O)(=O)c1ccccc1C(=O)N1CC[C@@H](C(=O)O)C1. The van der Waals surface area contributed by atoms with Gasteiger partial charge in [0.1, 0.15) is 0 Å². The van der Waals surface area contributed by atoms with Crippen LogP contribution < -0.4 is 0 Å². The quantitative estimate of drug-likeness (QED) is 0.884. The van der Waals surface area contributed by atoms with Gasteiger partial charge >= 0.3 is 5.97 Å². The van der Waals surface area contributed by atoms with E-state index in [9.17, 15) is 18.0 Å². The van der Waals surface area contributed by atoms with E-state index in [0.29, 0.717) is 19.4 Å². The molecule has 0 aliphatic carbocycles. The van der Waals surface area contributed by atoms with Gasteiger partial charge < -0.3 is 10.0 Å². The molecule has 1 N–H and O–H groups in total. The van der Waals surface area contributed by atoms with Crippen molar-refractivity contribution in [3.05, 3.63) is 29.8 Å². The largest absolute Gasteiger partial charge is 0.481 e. The Labute approximate surface area is 129 Å². The van der Waals surface area contributed by atoms with E-state index >= 15 is 0 Å². The van der Waals surface area contributed by atoms with Crippen molar-refractivity contribution in [2.75, 3.05) is 18.8 Å². The highest BCUT2D eigenvalue weighted by atomic mass is 32.2. The highest BCUT2D eigenvalue weighted by Crippen LogP contribution is 2.23. The first kappa shape index (κ1) is 16.5. The number of carbonyl (C=O) groups excluding carboxylic acids is 1. The Morgan fingerprint density at radius 3 is 2.59 bits per heavy atom. The second-order valence-corrected chi connectivity index (χ2v) is 7.47. The Bertz CT molecular complexity index is 683. The average molecular weight is 325 g/mol. The molecule has 22 heavy (non-hydrogen) atoms. The Morgan fingerprint density at radius 2 is 2.00 bits per heavy atom. The first-order valence-corrected chi connectivity index (χ1v) is 8.86. The maximum atomic E-state index is 12.6. The maximum Gasteiger partial charge on any atom is 0.308 e. The lowest BCUT2D eigenvalue weighted by molar-refractivity contribution is -0.141. The van der Waals surface area contributed by atoms with Crippen LogP contribution >= 0.6 is 0 Å². The van der Waals surface area contributed by atoms with Crippen LogP contribution in [0.4, 0.5) is 0 Å². The molecule has 0 unspecified atom stereocenters. The molecular formula is C15H19NO5S. The molecule has 1 aromatic rings. The van der Waals surface area contributed by atoms with Gasteiger partial charge in [0, 0.05) is 13.1 Å². The molecular weight excluding hydrogens is 306 g/mol. The van der Waals surface area contributed by atoms with Gasteiger partial charge in [-0.05, 0) is 25.0 Å². The van der Waals surface area contributed by atoms with Gasteiger partial charge in [-0.1, -0.05) is 19.1 Å². The van der Waals surface area contributed by atoms with Crippen LogP contribution in [0.5, 0.6) is 0 Å². The maximum absolute atomic E-state index is 12.6. The second-order valence-electron chi connectivity index (χ2n) is 5.39. The number of nitrogens with zero attached hydrogens (tertiary/aromatic N) is 1. The van der Waals surface area contributed by atoms with E-state index in [4.69, 9.17) is 5.11 Å². The first-order chi connectivity index (χ1) is 10.4. The van der Waals surface area contributed by atoms with E-state index in [1.165, 1.54) is 17.0 Å². The number of rotatable bonds is 5. The van der Waals surface area contributed by atoms with E-state index in [1.807, 2.05) is 0 Å². The van der Waals surface area contributed by atoms with Crippen molar-refractivity contribution < 1.29 is 23.1 Å². The third-order valence-corrected chi connectivity index (χ3v) is 5.72. The molecule has 1 amide bonds. The molecule has 1 fully saturated rings. The minimum Gasteiger partial charge on any atom is -0.481 e. The van der Waals surface area contributed by atoms with E-state index in [0.717, 1.165) is 0 Å². The van der Waals surface area contributed by atoms with Crippen molar-refractivity contribution in [1.29, 1.82) is 0 Å². The van der Waals surface area contributed by atoms with Crippen LogP contribution in [0.25, 0.3) is 0 Å². The van der Waals surface area contributed by atoms with Crippen molar-refractivity contribution >= 4 is 21.7 Å². The van der Waals surface area contributed by atoms with Gasteiger partial charge in [-0.15, -0.1) is 0 Å². The predicted molar refractivity (Wildman–Crippen MR) is 80.4 cm³/mol. The van der Waals surface area contributed by atoms with Crippen LogP contribution in [0.1, 0.15) is 30.1 Å². The van der Waals surface area contributed by atoms with Crippen molar-refractivity contribution in [3.63, 3.8) is 0 Å². The van der Waals surface area contributed by atoms with E-state index < -0.39 is 27.6 Å². The van der Waals surface area contributed by atoms with Crippen LogP contribution in [-0.2, 0) is 14.6 Å². The van der Waals surface area contributed by atoms with Crippen LogP contribution in [-0.4, -0.2) is 49.1 Å². The standard InChI is InChI=1S/C15H19NO5S/c1-2-9-22(20,21)13-6-4-3-5-12(13)14(17)16-8-7-11(10-16)15(18)19/h3-6,11H,2,7-10H2,1H3,(H,18,19)/t11-/m1/s1. The molecule has 0 bridgehead atoms. The number of sulfone groups is 1. The lowest BCUT2D eigenvalue weighted by atomic mass is 10.1. The molecule has 0 spiro atoms. The first-order valence-electron chi connectivity index (χ1n) is 7.20. The zero-order chi connectivity index (χ0) is 16.3.